The summed E-state index contributed by atoms with van der Waals surface area (Å²) < 4.78 is 102. The molecule has 0 aliphatic heterocycles. The monoisotopic (exact) mass is 1130 g/mol. The first-order valence-electron chi connectivity index (χ1n) is 21.1. The maximum absolute atomic E-state index is 11.3. The van der Waals surface area contributed by atoms with Crippen molar-refractivity contribution in [3.63, 3.8) is 0 Å². The van der Waals surface area contributed by atoms with Gasteiger partial charge in [0.1, 0.15) is 30.4 Å². The van der Waals surface area contributed by atoms with Crippen LogP contribution in [0.4, 0.5) is 0 Å². The van der Waals surface area contributed by atoms with Crippen molar-refractivity contribution in [3.05, 3.63) is 255 Å². The van der Waals surface area contributed by atoms with E-state index in [0.29, 0.717) is 0 Å². The average molecular weight is 1130 g/mol. The van der Waals surface area contributed by atoms with Gasteiger partial charge >= 0.3 is 19.5 Å². The molecule has 0 radical (unpaired) electrons. The van der Waals surface area contributed by atoms with E-state index in [1.54, 1.807) is 18.2 Å². The zero-order valence-corrected chi connectivity index (χ0v) is 43.6. The summed E-state index contributed by atoms with van der Waals surface area (Å²) in [5.41, 5.74) is 0. The fourth-order valence-electron chi connectivity index (χ4n) is 7.14. The van der Waals surface area contributed by atoms with Gasteiger partial charge in [-0.15, -0.1) is 0 Å². The molecular formula is C54H42O9P3RhS3. The summed E-state index contributed by atoms with van der Waals surface area (Å²) in [4.78, 5) is -0.557. The molecule has 9 rings (SSSR count). The fourth-order valence-corrected chi connectivity index (χ4v) is 16.0. The molecule has 0 unspecified atom stereocenters. The van der Waals surface area contributed by atoms with Crippen molar-refractivity contribution >= 4 is 102 Å². The first-order chi connectivity index (χ1) is 33.2. The van der Waals surface area contributed by atoms with Gasteiger partial charge < -0.3 is 13.7 Å². The number of rotatable bonds is 12. The van der Waals surface area contributed by atoms with E-state index in [9.17, 15) is 38.9 Å². The molecule has 354 valence electrons. The van der Waals surface area contributed by atoms with E-state index >= 15 is 0 Å². The van der Waals surface area contributed by atoms with Crippen LogP contribution < -0.4 is 47.7 Å². The third kappa shape index (κ3) is 14.8. The average Bonchev–Trinajstić information content (AvgIpc) is 3.36. The van der Waals surface area contributed by atoms with E-state index in [2.05, 4.69) is 0 Å². The van der Waals surface area contributed by atoms with Crippen molar-refractivity contribution in [3.8, 4) is 0 Å². The van der Waals surface area contributed by atoms with Gasteiger partial charge in [0.15, 0.2) is 0 Å². The number of hydrogen-bond acceptors (Lipinski definition) is 9. The second-order valence-electron chi connectivity index (χ2n) is 14.9. The minimum Gasteiger partial charge on any atom is -0.744 e. The van der Waals surface area contributed by atoms with Gasteiger partial charge in [-0.3, -0.25) is 0 Å². The van der Waals surface area contributed by atoms with Crippen LogP contribution in [0, 0.1) is 0 Å². The normalized spacial score (nSPS) is 11.4. The Labute approximate surface area is 426 Å². The Balaban J connectivity index is 0.000000171. The summed E-state index contributed by atoms with van der Waals surface area (Å²) in [6, 6.07) is 78.5. The second kappa shape index (κ2) is 25.1. The Morgan fingerprint density at radius 2 is 0.386 bits per heavy atom. The Morgan fingerprint density at radius 3 is 0.543 bits per heavy atom. The zero-order chi connectivity index (χ0) is 48.9. The largest absolute Gasteiger partial charge is 3.00 e. The van der Waals surface area contributed by atoms with Crippen LogP contribution in [0.25, 0.3) is 0 Å². The van der Waals surface area contributed by atoms with Gasteiger partial charge in [-0.25, -0.2) is 25.3 Å². The van der Waals surface area contributed by atoms with Crippen LogP contribution in [-0.4, -0.2) is 38.9 Å². The van der Waals surface area contributed by atoms with Gasteiger partial charge in [-0.05, 0) is 108 Å². The quantitative estimate of drug-likeness (QED) is 0.0707. The minimum atomic E-state index is -4.46. The molecule has 0 atom stereocenters. The summed E-state index contributed by atoms with van der Waals surface area (Å²) in [6.07, 6.45) is 0. The zero-order valence-electron chi connectivity index (χ0n) is 36.8. The Morgan fingerprint density at radius 1 is 0.229 bits per heavy atom. The van der Waals surface area contributed by atoms with E-state index in [1.165, 1.54) is 36.4 Å². The van der Waals surface area contributed by atoms with Gasteiger partial charge in [0.25, 0.3) is 0 Å². The van der Waals surface area contributed by atoms with Crippen molar-refractivity contribution in [1.29, 1.82) is 0 Å². The third-order valence-electron chi connectivity index (χ3n) is 10.2. The molecule has 0 N–H and O–H groups in total. The summed E-state index contributed by atoms with van der Waals surface area (Å²) >= 11 is 0. The molecule has 9 nitrogen and oxygen atoms in total. The molecular weight excluding hydrogens is 1080 g/mol. The maximum Gasteiger partial charge on any atom is 3.00 e. The van der Waals surface area contributed by atoms with Crippen molar-refractivity contribution in [2.45, 2.75) is 14.7 Å². The molecule has 0 aliphatic rings. The number of benzene rings is 9. The molecule has 0 heterocycles. The Bertz CT molecular complexity index is 2940. The molecule has 0 aromatic heterocycles. The van der Waals surface area contributed by atoms with Crippen LogP contribution in [0.15, 0.2) is 269 Å². The molecule has 70 heavy (non-hydrogen) atoms. The van der Waals surface area contributed by atoms with E-state index in [-0.39, 0.29) is 34.2 Å². The van der Waals surface area contributed by atoms with E-state index < -0.39 is 54.1 Å². The maximum atomic E-state index is 11.3. The van der Waals surface area contributed by atoms with E-state index in [1.807, 2.05) is 200 Å². The van der Waals surface area contributed by atoms with Crippen molar-refractivity contribution in [1.82, 2.24) is 0 Å². The molecule has 16 heteroatoms. The molecule has 9 aromatic carbocycles. The van der Waals surface area contributed by atoms with Crippen LogP contribution in [-0.2, 0) is 49.8 Å². The van der Waals surface area contributed by atoms with Crippen molar-refractivity contribution in [2.24, 2.45) is 0 Å². The molecule has 0 bridgehead atoms. The van der Waals surface area contributed by atoms with E-state index in [0.717, 1.165) is 47.7 Å². The molecule has 9 aromatic rings. The van der Waals surface area contributed by atoms with Gasteiger partial charge in [0, 0.05) is 0 Å². The van der Waals surface area contributed by atoms with E-state index in [4.69, 9.17) is 0 Å². The Hall–Kier alpha value is -5.38. The van der Waals surface area contributed by atoms with Crippen LogP contribution in [0.1, 0.15) is 0 Å². The van der Waals surface area contributed by atoms with Crippen LogP contribution in [0.3, 0.4) is 0 Å². The first-order valence-corrected chi connectivity index (χ1v) is 29.3. The molecule has 0 fully saturated rings. The second-order valence-corrected chi connectivity index (χ2v) is 25.7. The van der Waals surface area contributed by atoms with Gasteiger partial charge in [0.2, 0.25) is 0 Å². The summed E-state index contributed by atoms with van der Waals surface area (Å²) in [7, 11) is -16.1. The van der Waals surface area contributed by atoms with Crippen LogP contribution in [0.5, 0.6) is 0 Å². The van der Waals surface area contributed by atoms with Gasteiger partial charge in [0.05, 0.1) is 14.7 Å². The molecule has 0 aliphatic carbocycles. The van der Waals surface area contributed by atoms with Crippen LogP contribution in [0.2, 0.25) is 0 Å². The summed E-state index contributed by atoms with van der Waals surface area (Å²) in [5.74, 6) is 0. The smallest absolute Gasteiger partial charge is 0.744 e. The van der Waals surface area contributed by atoms with Crippen molar-refractivity contribution in [2.75, 3.05) is 0 Å². The molecule has 0 amide bonds. The predicted molar refractivity (Wildman–Crippen MR) is 279 cm³/mol. The van der Waals surface area contributed by atoms with Gasteiger partial charge in [-0.1, -0.05) is 218 Å². The molecule has 0 spiro atoms. The Kier molecular flexibility index (Phi) is 19.4. The molecule has 0 saturated carbocycles. The van der Waals surface area contributed by atoms with Gasteiger partial charge in [-0.2, -0.15) is 0 Å². The fraction of sp³-hybridized carbons (Fsp3) is 0. The number of hydrogen-bond donors (Lipinski definition) is 0. The topological polar surface area (TPSA) is 172 Å². The summed E-state index contributed by atoms with van der Waals surface area (Å²) in [6.45, 7) is 0. The minimum absolute atomic E-state index is 0. The summed E-state index contributed by atoms with van der Waals surface area (Å²) in [5, 5.41) is 9.16. The SMILES string of the molecule is O=S(=O)([O-])c1cccc(P(c2ccccc2)c2ccccc2)c1.O=S(=O)([O-])c1cccc(P(c2ccccc2)c2ccccc2)c1.O=S(=O)([O-])c1cccc(P(c2ccccc2)c2ccccc2)c1.[Rh+3]. The molecule has 0 saturated heterocycles. The first kappa shape index (κ1) is 54.0. The predicted octanol–water partition coefficient (Wildman–Crippen LogP) is 7.04. The van der Waals surface area contributed by atoms with Crippen molar-refractivity contribution < 1.29 is 58.4 Å². The standard InChI is InChI=1S/3C18H15O3PS.Rh/c3*19-23(20,21)18-13-7-12-17(14-18)22(15-8-3-1-4-9-15)16-10-5-2-6-11-16;/h3*1-14H,(H,19,20,21);/q;;;+3/p-3. The third-order valence-corrected chi connectivity index (χ3v) is 19.9. The van der Waals surface area contributed by atoms with Crippen LogP contribution >= 0.6 is 23.8 Å².